The third kappa shape index (κ3) is 2.97. The van der Waals surface area contributed by atoms with Gasteiger partial charge in [0.1, 0.15) is 0 Å². The molecule has 104 valence electrons. The van der Waals surface area contributed by atoms with Gasteiger partial charge in [0.2, 0.25) is 0 Å². The summed E-state index contributed by atoms with van der Waals surface area (Å²) in [4.78, 5) is 12.3. The van der Waals surface area contributed by atoms with Crippen molar-refractivity contribution < 1.29 is 4.79 Å². The van der Waals surface area contributed by atoms with Gasteiger partial charge >= 0.3 is 0 Å². The van der Waals surface area contributed by atoms with Crippen LogP contribution >= 0.6 is 27.5 Å². The highest BCUT2D eigenvalue weighted by Crippen LogP contribution is 2.27. The lowest BCUT2D eigenvalue weighted by Crippen LogP contribution is -2.15. The van der Waals surface area contributed by atoms with Crippen LogP contribution in [0.25, 0.3) is 0 Å². The molecule has 0 heterocycles. The van der Waals surface area contributed by atoms with E-state index in [0.717, 1.165) is 21.3 Å². The van der Waals surface area contributed by atoms with Crippen LogP contribution in [0.5, 0.6) is 0 Å². The van der Waals surface area contributed by atoms with Crippen LogP contribution in [0.15, 0.2) is 34.8 Å². The Balaban J connectivity index is 2.38. The van der Waals surface area contributed by atoms with Crippen LogP contribution in [0.3, 0.4) is 0 Å². The number of rotatable bonds is 2. The maximum atomic E-state index is 12.3. The van der Waals surface area contributed by atoms with Crippen LogP contribution in [-0.4, -0.2) is 5.91 Å². The Morgan fingerprint density at radius 3 is 2.65 bits per heavy atom. The number of amides is 1. The van der Waals surface area contributed by atoms with Gasteiger partial charge in [0, 0.05) is 15.8 Å². The molecule has 2 rings (SSSR count). The van der Waals surface area contributed by atoms with Crippen molar-refractivity contribution in [3.05, 3.63) is 56.5 Å². The molecule has 3 N–H and O–H groups in total. The molecule has 1 amide bonds. The highest BCUT2D eigenvalue weighted by atomic mass is 79.9. The molecule has 0 aliphatic rings. The standard InChI is InChI=1S/C15H14BrClN2O/c1-8-3-6-13(18)9(2)14(8)19-15(20)11-7-10(16)4-5-12(11)17/h3-7H,18H2,1-2H3,(H,19,20). The Hall–Kier alpha value is -1.52. The SMILES string of the molecule is Cc1ccc(N)c(C)c1NC(=O)c1cc(Br)ccc1Cl. The molecule has 2 aromatic rings. The molecule has 0 spiro atoms. The van der Waals surface area contributed by atoms with E-state index in [4.69, 9.17) is 17.3 Å². The monoisotopic (exact) mass is 352 g/mol. The second-order valence-corrected chi connectivity index (χ2v) is 5.87. The van der Waals surface area contributed by atoms with Crippen molar-refractivity contribution in [2.75, 3.05) is 11.1 Å². The maximum Gasteiger partial charge on any atom is 0.257 e. The van der Waals surface area contributed by atoms with Gasteiger partial charge in [-0.2, -0.15) is 0 Å². The van der Waals surface area contributed by atoms with Crippen molar-refractivity contribution in [2.24, 2.45) is 0 Å². The van der Waals surface area contributed by atoms with E-state index in [9.17, 15) is 4.79 Å². The zero-order chi connectivity index (χ0) is 14.9. The number of nitrogens with one attached hydrogen (secondary N) is 1. The van der Waals surface area contributed by atoms with Crippen LogP contribution in [-0.2, 0) is 0 Å². The molecular weight excluding hydrogens is 340 g/mol. The average molecular weight is 354 g/mol. The van der Waals surface area contributed by atoms with Gasteiger partial charge in [0.15, 0.2) is 0 Å². The summed E-state index contributed by atoms with van der Waals surface area (Å²) < 4.78 is 0.799. The molecule has 0 bridgehead atoms. The summed E-state index contributed by atoms with van der Waals surface area (Å²) in [6, 6.07) is 8.86. The normalized spacial score (nSPS) is 10.4. The maximum absolute atomic E-state index is 12.3. The fourth-order valence-corrected chi connectivity index (χ4v) is 2.47. The number of benzene rings is 2. The van der Waals surface area contributed by atoms with E-state index in [1.165, 1.54) is 0 Å². The average Bonchev–Trinajstić information content (AvgIpc) is 2.41. The van der Waals surface area contributed by atoms with E-state index in [1.54, 1.807) is 18.2 Å². The first-order valence-corrected chi connectivity index (χ1v) is 7.19. The van der Waals surface area contributed by atoms with Crippen LogP contribution in [0.4, 0.5) is 11.4 Å². The minimum absolute atomic E-state index is 0.256. The van der Waals surface area contributed by atoms with E-state index in [1.807, 2.05) is 26.0 Å². The molecule has 5 heteroatoms. The number of anilines is 2. The largest absolute Gasteiger partial charge is 0.398 e. The lowest BCUT2D eigenvalue weighted by Gasteiger charge is -2.14. The summed E-state index contributed by atoms with van der Waals surface area (Å²) in [6.45, 7) is 3.80. The summed E-state index contributed by atoms with van der Waals surface area (Å²) in [5.41, 5.74) is 9.47. The number of hydrogen-bond acceptors (Lipinski definition) is 2. The van der Waals surface area contributed by atoms with Gasteiger partial charge in [0.05, 0.1) is 10.6 Å². The van der Waals surface area contributed by atoms with Crippen molar-refractivity contribution in [1.29, 1.82) is 0 Å². The lowest BCUT2D eigenvalue weighted by atomic mass is 10.1. The minimum Gasteiger partial charge on any atom is -0.398 e. The summed E-state index contributed by atoms with van der Waals surface area (Å²) in [6.07, 6.45) is 0. The molecule has 0 aliphatic carbocycles. The second-order valence-electron chi connectivity index (χ2n) is 4.55. The van der Waals surface area contributed by atoms with E-state index in [2.05, 4.69) is 21.2 Å². The molecule has 20 heavy (non-hydrogen) atoms. The number of hydrogen-bond donors (Lipinski definition) is 2. The van der Waals surface area contributed by atoms with E-state index < -0.39 is 0 Å². The Morgan fingerprint density at radius 1 is 1.25 bits per heavy atom. The molecule has 3 nitrogen and oxygen atoms in total. The number of nitrogens with two attached hydrogens (primary N) is 1. The molecular formula is C15H14BrClN2O. The van der Waals surface area contributed by atoms with Gasteiger partial charge in [-0.25, -0.2) is 0 Å². The fourth-order valence-electron chi connectivity index (χ4n) is 1.91. The van der Waals surface area contributed by atoms with Gasteiger partial charge in [-0.05, 0) is 49.2 Å². The second kappa shape index (κ2) is 5.85. The molecule has 0 aromatic heterocycles. The first kappa shape index (κ1) is 14.9. The van der Waals surface area contributed by atoms with Crippen LogP contribution < -0.4 is 11.1 Å². The van der Waals surface area contributed by atoms with Crippen molar-refractivity contribution in [1.82, 2.24) is 0 Å². The number of carbonyl (C=O) groups excluding carboxylic acids is 1. The van der Waals surface area contributed by atoms with Crippen molar-refractivity contribution in [3.63, 3.8) is 0 Å². The molecule has 0 aliphatic heterocycles. The minimum atomic E-state index is -0.256. The Labute approximate surface area is 131 Å². The third-order valence-electron chi connectivity index (χ3n) is 3.13. The van der Waals surface area contributed by atoms with Gasteiger partial charge < -0.3 is 11.1 Å². The number of halogens is 2. The number of carbonyl (C=O) groups is 1. The Morgan fingerprint density at radius 2 is 1.95 bits per heavy atom. The van der Waals surface area contributed by atoms with Gasteiger partial charge in [-0.3, -0.25) is 4.79 Å². The summed E-state index contributed by atoms with van der Waals surface area (Å²) in [7, 11) is 0. The molecule has 0 unspecified atom stereocenters. The van der Waals surface area contributed by atoms with Crippen molar-refractivity contribution in [2.45, 2.75) is 13.8 Å². The van der Waals surface area contributed by atoms with Gasteiger partial charge in [0.25, 0.3) is 5.91 Å². The molecule has 0 fully saturated rings. The van der Waals surface area contributed by atoms with E-state index >= 15 is 0 Å². The summed E-state index contributed by atoms with van der Waals surface area (Å²) in [5, 5.41) is 3.29. The smallest absolute Gasteiger partial charge is 0.257 e. The molecule has 2 aromatic carbocycles. The number of aryl methyl sites for hydroxylation is 1. The first-order valence-electron chi connectivity index (χ1n) is 6.02. The van der Waals surface area contributed by atoms with Gasteiger partial charge in [-0.15, -0.1) is 0 Å². The predicted molar refractivity (Wildman–Crippen MR) is 87.4 cm³/mol. The molecule has 0 radical (unpaired) electrons. The Bertz CT molecular complexity index is 686. The molecule has 0 atom stereocenters. The van der Waals surface area contributed by atoms with Crippen LogP contribution in [0.1, 0.15) is 21.5 Å². The highest BCUT2D eigenvalue weighted by molar-refractivity contribution is 9.10. The summed E-state index contributed by atoms with van der Waals surface area (Å²) in [5.74, 6) is -0.256. The fraction of sp³-hybridized carbons (Fsp3) is 0.133. The van der Waals surface area contributed by atoms with Crippen LogP contribution in [0.2, 0.25) is 5.02 Å². The van der Waals surface area contributed by atoms with E-state index in [-0.39, 0.29) is 5.91 Å². The van der Waals surface area contributed by atoms with Crippen LogP contribution in [0, 0.1) is 13.8 Å². The molecule has 0 saturated heterocycles. The zero-order valence-electron chi connectivity index (χ0n) is 11.1. The Kier molecular flexibility index (Phi) is 4.35. The zero-order valence-corrected chi connectivity index (χ0v) is 13.5. The van der Waals surface area contributed by atoms with Gasteiger partial charge in [-0.1, -0.05) is 33.6 Å². The van der Waals surface area contributed by atoms with Crippen molar-refractivity contribution in [3.8, 4) is 0 Å². The predicted octanol–water partition coefficient (Wildman–Crippen LogP) is 4.55. The van der Waals surface area contributed by atoms with Crippen molar-refractivity contribution >= 4 is 44.8 Å². The summed E-state index contributed by atoms with van der Waals surface area (Å²) >= 11 is 9.39. The topological polar surface area (TPSA) is 55.1 Å². The first-order chi connectivity index (χ1) is 9.40. The molecule has 0 saturated carbocycles. The van der Waals surface area contributed by atoms with E-state index in [0.29, 0.717) is 16.3 Å². The highest BCUT2D eigenvalue weighted by Gasteiger charge is 2.14. The lowest BCUT2D eigenvalue weighted by molar-refractivity contribution is 0.102. The third-order valence-corrected chi connectivity index (χ3v) is 3.95. The number of nitrogen functional groups attached to an aromatic ring is 1. The quantitative estimate of drug-likeness (QED) is 0.778.